The lowest BCUT2D eigenvalue weighted by atomic mass is 9.85. The smallest absolute Gasteiger partial charge is 0.174 e. The van der Waals surface area contributed by atoms with Crippen molar-refractivity contribution < 1.29 is 9.59 Å². The summed E-state index contributed by atoms with van der Waals surface area (Å²) in [6.07, 6.45) is 0.346. The van der Waals surface area contributed by atoms with Gasteiger partial charge in [0.15, 0.2) is 11.6 Å². The molecule has 0 atom stereocenters. The molecule has 0 spiro atoms. The highest BCUT2D eigenvalue weighted by atomic mass is 35.5. The lowest BCUT2D eigenvalue weighted by Gasteiger charge is -2.15. The normalized spacial score (nSPS) is 10.6. The summed E-state index contributed by atoms with van der Waals surface area (Å²) in [5, 5.41) is 0.629. The summed E-state index contributed by atoms with van der Waals surface area (Å²) >= 11 is 5.93. The zero-order valence-electron chi connectivity index (χ0n) is 13.6. The monoisotopic (exact) mass is 348 g/mol. The van der Waals surface area contributed by atoms with Crippen LogP contribution in [0.4, 0.5) is 0 Å². The Morgan fingerprint density at radius 2 is 1.12 bits per heavy atom. The van der Waals surface area contributed by atoms with Crippen molar-refractivity contribution in [1.29, 1.82) is 0 Å². The van der Waals surface area contributed by atoms with E-state index >= 15 is 0 Å². The summed E-state index contributed by atoms with van der Waals surface area (Å²) in [6, 6.07) is 25.2. The predicted molar refractivity (Wildman–Crippen MR) is 100 cm³/mol. The highest BCUT2D eigenvalue weighted by Gasteiger charge is 2.28. The van der Waals surface area contributed by atoms with Gasteiger partial charge in [-0.25, -0.2) is 0 Å². The number of ketones is 2. The molecule has 0 aliphatic rings. The Kier molecular flexibility index (Phi) is 5.42. The molecule has 3 aromatic rings. The summed E-state index contributed by atoms with van der Waals surface area (Å²) in [4.78, 5) is 26.0. The van der Waals surface area contributed by atoms with Gasteiger partial charge in [0, 0.05) is 16.1 Å². The van der Waals surface area contributed by atoms with E-state index in [1.165, 1.54) is 0 Å². The molecule has 0 N–H and O–H groups in total. The van der Waals surface area contributed by atoms with Crippen molar-refractivity contribution in [2.45, 2.75) is 6.42 Å². The Balaban J connectivity index is 1.94. The van der Waals surface area contributed by atoms with Crippen molar-refractivity contribution in [3.63, 3.8) is 0 Å². The van der Waals surface area contributed by atoms with E-state index in [1.807, 2.05) is 24.3 Å². The Bertz CT molecular complexity index is 804. The number of carbonyl (C=O) groups is 2. The van der Waals surface area contributed by atoms with E-state index in [1.54, 1.807) is 60.7 Å². The van der Waals surface area contributed by atoms with E-state index in [0.717, 1.165) is 5.56 Å². The number of halogens is 1. The Morgan fingerprint density at radius 3 is 1.56 bits per heavy atom. The maximum atomic E-state index is 13.0. The van der Waals surface area contributed by atoms with Gasteiger partial charge in [0.25, 0.3) is 0 Å². The highest BCUT2D eigenvalue weighted by molar-refractivity contribution is 6.30. The number of rotatable bonds is 6. The van der Waals surface area contributed by atoms with E-state index < -0.39 is 5.92 Å². The maximum Gasteiger partial charge on any atom is 0.174 e. The first-order valence-corrected chi connectivity index (χ1v) is 8.46. The molecule has 0 aliphatic heterocycles. The molecule has 3 aromatic carbocycles. The minimum absolute atomic E-state index is 0.163. The van der Waals surface area contributed by atoms with Crippen molar-refractivity contribution in [2.24, 2.45) is 5.92 Å². The molecule has 124 valence electrons. The molecule has 0 fully saturated rings. The van der Waals surface area contributed by atoms with Gasteiger partial charge < -0.3 is 0 Å². The van der Waals surface area contributed by atoms with E-state index in [-0.39, 0.29) is 11.6 Å². The molecule has 0 amide bonds. The van der Waals surface area contributed by atoms with E-state index in [4.69, 9.17) is 11.6 Å². The third-order valence-corrected chi connectivity index (χ3v) is 4.35. The molecule has 0 bridgehead atoms. The van der Waals surface area contributed by atoms with Crippen LogP contribution in [0.15, 0.2) is 84.9 Å². The SMILES string of the molecule is O=C(c1ccccc1)C(Cc1ccc(Cl)cc1)C(=O)c1ccccc1. The average molecular weight is 349 g/mol. The number of hydrogen-bond acceptors (Lipinski definition) is 2. The summed E-state index contributed by atoms with van der Waals surface area (Å²) in [7, 11) is 0. The van der Waals surface area contributed by atoms with E-state index in [2.05, 4.69) is 0 Å². The first-order valence-electron chi connectivity index (χ1n) is 8.08. The van der Waals surface area contributed by atoms with Gasteiger partial charge in [-0.3, -0.25) is 9.59 Å². The number of carbonyl (C=O) groups excluding carboxylic acids is 2. The van der Waals surface area contributed by atoms with Crippen LogP contribution in [-0.4, -0.2) is 11.6 Å². The zero-order valence-corrected chi connectivity index (χ0v) is 14.3. The quantitative estimate of drug-likeness (QED) is 0.449. The fourth-order valence-corrected chi connectivity index (χ4v) is 2.89. The summed E-state index contributed by atoms with van der Waals surface area (Å²) in [6.45, 7) is 0. The second-order valence-corrected chi connectivity index (χ2v) is 6.28. The molecule has 0 aromatic heterocycles. The zero-order chi connectivity index (χ0) is 17.6. The largest absolute Gasteiger partial charge is 0.293 e. The number of Topliss-reactive ketones (excluding diaryl/α,β-unsaturated/α-hetero) is 2. The maximum absolute atomic E-state index is 13.0. The van der Waals surface area contributed by atoms with Gasteiger partial charge in [0.1, 0.15) is 0 Å². The van der Waals surface area contributed by atoms with Gasteiger partial charge in [-0.2, -0.15) is 0 Å². The molecule has 0 saturated carbocycles. The van der Waals surface area contributed by atoms with Crippen LogP contribution in [0, 0.1) is 5.92 Å². The Hall–Kier alpha value is -2.71. The molecule has 3 rings (SSSR count). The molecule has 2 nitrogen and oxygen atoms in total. The minimum Gasteiger partial charge on any atom is -0.293 e. The van der Waals surface area contributed by atoms with Crippen molar-refractivity contribution in [3.8, 4) is 0 Å². The van der Waals surface area contributed by atoms with Crippen LogP contribution >= 0.6 is 11.6 Å². The molecule has 0 heterocycles. The Labute approximate surface area is 152 Å². The van der Waals surface area contributed by atoms with Crippen molar-refractivity contribution >= 4 is 23.2 Å². The van der Waals surface area contributed by atoms with Gasteiger partial charge in [0.05, 0.1) is 5.92 Å². The molecule has 0 unspecified atom stereocenters. The molecule has 0 saturated heterocycles. The molecular weight excluding hydrogens is 332 g/mol. The van der Waals surface area contributed by atoms with Crippen LogP contribution in [0.3, 0.4) is 0 Å². The fourth-order valence-electron chi connectivity index (χ4n) is 2.77. The molecule has 0 aliphatic carbocycles. The average Bonchev–Trinajstić information content (AvgIpc) is 2.68. The van der Waals surface area contributed by atoms with Gasteiger partial charge in [0.2, 0.25) is 0 Å². The number of benzene rings is 3. The van der Waals surface area contributed by atoms with Gasteiger partial charge in [-0.1, -0.05) is 84.4 Å². The first-order chi connectivity index (χ1) is 12.1. The topological polar surface area (TPSA) is 34.1 Å². The van der Waals surface area contributed by atoms with Crippen LogP contribution in [0.5, 0.6) is 0 Å². The van der Waals surface area contributed by atoms with Crippen molar-refractivity contribution in [1.82, 2.24) is 0 Å². The van der Waals surface area contributed by atoms with Crippen LogP contribution in [0.25, 0.3) is 0 Å². The molecule has 3 heteroatoms. The van der Waals surface area contributed by atoms with Gasteiger partial charge in [-0.15, -0.1) is 0 Å². The van der Waals surface area contributed by atoms with Crippen LogP contribution in [-0.2, 0) is 6.42 Å². The minimum atomic E-state index is -0.758. The standard InChI is InChI=1S/C22H17ClO2/c23-19-13-11-16(12-14-19)15-20(21(24)17-7-3-1-4-8-17)22(25)18-9-5-2-6-10-18/h1-14,20H,15H2. The van der Waals surface area contributed by atoms with Crippen molar-refractivity contribution in [2.75, 3.05) is 0 Å². The third-order valence-electron chi connectivity index (χ3n) is 4.10. The molecule has 25 heavy (non-hydrogen) atoms. The van der Waals surface area contributed by atoms with Crippen LogP contribution < -0.4 is 0 Å². The molecular formula is C22H17ClO2. The Morgan fingerprint density at radius 1 is 0.680 bits per heavy atom. The van der Waals surface area contributed by atoms with E-state index in [9.17, 15) is 9.59 Å². The second-order valence-electron chi connectivity index (χ2n) is 5.84. The first kappa shape index (κ1) is 17.1. The van der Waals surface area contributed by atoms with Crippen molar-refractivity contribution in [3.05, 3.63) is 107 Å². The molecule has 0 radical (unpaired) electrons. The lowest BCUT2D eigenvalue weighted by Crippen LogP contribution is -2.26. The van der Waals surface area contributed by atoms with E-state index in [0.29, 0.717) is 22.6 Å². The van der Waals surface area contributed by atoms with Gasteiger partial charge >= 0.3 is 0 Å². The predicted octanol–water partition coefficient (Wildman–Crippen LogP) is 5.26. The van der Waals surface area contributed by atoms with Gasteiger partial charge in [-0.05, 0) is 24.1 Å². The number of hydrogen-bond donors (Lipinski definition) is 0. The fraction of sp³-hybridized carbons (Fsp3) is 0.0909. The lowest BCUT2D eigenvalue weighted by molar-refractivity contribution is 0.0806. The van der Waals surface area contributed by atoms with Crippen LogP contribution in [0.2, 0.25) is 5.02 Å². The third kappa shape index (κ3) is 4.23. The highest BCUT2D eigenvalue weighted by Crippen LogP contribution is 2.21. The second kappa shape index (κ2) is 7.91. The summed E-state index contributed by atoms with van der Waals surface area (Å²) in [5.74, 6) is -1.08. The summed E-state index contributed by atoms with van der Waals surface area (Å²) in [5.41, 5.74) is 2.00. The van der Waals surface area contributed by atoms with Crippen LogP contribution in [0.1, 0.15) is 26.3 Å². The summed E-state index contributed by atoms with van der Waals surface area (Å²) < 4.78 is 0.